The molecule has 0 aliphatic heterocycles. The molecule has 1 N–H and O–H groups in total. The fourth-order valence-corrected chi connectivity index (χ4v) is 2.55. The summed E-state index contributed by atoms with van der Waals surface area (Å²) in [5.41, 5.74) is 0. The molecule has 17 heavy (non-hydrogen) atoms. The van der Waals surface area contributed by atoms with Crippen molar-refractivity contribution in [1.29, 1.82) is 0 Å². The van der Waals surface area contributed by atoms with Crippen LogP contribution in [0.2, 0.25) is 0 Å². The molecule has 0 bridgehead atoms. The topological polar surface area (TPSA) is 21.3 Å². The van der Waals surface area contributed by atoms with Crippen molar-refractivity contribution in [2.45, 2.75) is 65.4 Å². The van der Waals surface area contributed by atoms with E-state index in [1.807, 2.05) is 0 Å². The molecule has 3 atom stereocenters. The molecule has 0 heterocycles. The van der Waals surface area contributed by atoms with E-state index in [0.717, 1.165) is 31.5 Å². The second-order valence-electron chi connectivity index (χ2n) is 5.72. The van der Waals surface area contributed by atoms with Crippen LogP contribution in [0, 0.1) is 11.8 Å². The summed E-state index contributed by atoms with van der Waals surface area (Å²) < 4.78 is 5.98. The third-order valence-electron chi connectivity index (χ3n) is 4.08. The SMILES string of the molecule is CCCNCCCCOC1CCC(C)C(C)C1. The molecule has 3 unspecified atom stereocenters. The van der Waals surface area contributed by atoms with Crippen LogP contribution in [0.15, 0.2) is 0 Å². The van der Waals surface area contributed by atoms with Crippen molar-refractivity contribution in [2.24, 2.45) is 11.8 Å². The molecule has 0 aromatic carbocycles. The zero-order valence-corrected chi connectivity index (χ0v) is 12.0. The number of hydrogen-bond acceptors (Lipinski definition) is 2. The Labute approximate surface area is 108 Å². The smallest absolute Gasteiger partial charge is 0.0577 e. The summed E-state index contributed by atoms with van der Waals surface area (Å²) in [6.45, 7) is 10.2. The lowest BCUT2D eigenvalue weighted by molar-refractivity contribution is 0.00120. The first-order valence-corrected chi connectivity index (χ1v) is 7.56. The Kier molecular flexibility index (Phi) is 7.87. The molecule has 2 heteroatoms. The van der Waals surface area contributed by atoms with E-state index in [0.29, 0.717) is 6.10 Å². The summed E-state index contributed by atoms with van der Waals surface area (Å²) in [7, 11) is 0. The van der Waals surface area contributed by atoms with E-state index in [4.69, 9.17) is 4.74 Å². The van der Waals surface area contributed by atoms with E-state index in [1.54, 1.807) is 0 Å². The molecule has 1 aliphatic carbocycles. The Bertz CT molecular complexity index is 184. The largest absolute Gasteiger partial charge is 0.378 e. The first kappa shape index (κ1) is 15.0. The summed E-state index contributed by atoms with van der Waals surface area (Å²) in [4.78, 5) is 0. The third kappa shape index (κ3) is 6.42. The highest BCUT2D eigenvalue weighted by Crippen LogP contribution is 2.30. The van der Waals surface area contributed by atoms with Crippen LogP contribution in [0.25, 0.3) is 0 Å². The van der Waals surface area contributed by atoms with E-state index < -0.39 is 0 Å². The summed E-state index contributed by atoms with van der Waals surface area (Å²) in [6, 6.07) is 0. The van der Waals surface area contributed by atoms with Crippen molar-refractivity contribution in [3.8, 4) is 0 Å². The molecule has 102 valence electrons. The highest BCUT2D eigenvalue weighted by molar-refractivity contribution is 4.75. The molecule has 1 fully saturated rings. The third-order valence-corrected chi connectivity index (χ3v) is 4.08. The standard InChI is InChI=1S/C15H31NO/c1-4-9-16-10-5-6-11-17-15-8-7-13(2)14(3)12-15/h13-16H,4-12H2,1-3H3. The van der Waals surface area contributed by atoms with Crippen LogP contribution in [-0.4, -0.2) is 25.8 Å². The fourth-order valence-electron chi connectivity index (χ4n) is 2.55. The van der Waals surface area contributed by atoms with Gasteiger partial charge in [-0.3, -0.25) is 0 Å². The minimum atomic E-state index is 0.546. The Morgan fingerprint density at radius 3 is 2.59 bits per heavy atom. The maximum absolute atomic E-state index is 5.98. The van der Waals surface area contributed by atoms with Gasteiger partial charge >= 0.3 is 0 Å². The van der Waals surface area contributed by atoms with Gasteiger partial charge in [-0.25, -0.2) is 0 Å². The first-order valence-electron chi connectivity index (χ1n) is 7.56. The van der Waals surface area contributed by atoms with Gasteiger partial charge in [-0.15, -0.1) is 0 Å². The van der Waals surface area contributed by atoms with Gasteiger partial charge in [0, 0.05) is 6.61 Å². The lowest BCUT2D eigenvalue weighted by atomic mass is 9.80. The monoisotopic (exact) mass is 241 g/mol. The van der Waals surface area contributed by atoms with Gasteiger partial charge in [0.2, 0.25) is 0 Å². The Morgan fingerprint density at radius 2 is 1.88 bits per heavy atom. The van der Waals surface area contributed by atoms with Crippen LogP contribution in [0.4, 0.5) is 0 Å². The van der Waals surface area contributed by atoms with Crippen LogP contribution >= 0.6 is 0 Å². The van der Waals surface area contributed by atoms with E-state index in [2.05, 4.69) is 26.1 Å². The van der Waals surface area contributed by atoms with Crippen LogP contribution in [0.1, 0.15) is 59.3 Å². The molecular formula is C15H31NO. The first-order chi connectivity index (χ1) is 8.24. The fraction of sp³-hybridized carbons (Fsp3) is 1.00. The van der Waals surface area contributed by atoms with Gasteiger partial charge in [-0.1, -0.05) is 20.8 Å². The summed E-state index contributed by atoms with van der Waals surface area (Å²) in [5.74, 6) is 1.74. The number of ether oxygens (including phenoxy) is 1. The molecule has 2 nitrogen and oxygen atoms in total. The molecular weight excluding hydrogens is 210 g/mol. The highest BCUT2D eigenvalue weighted by Gasteiger charge is 2.24. The van der Waals surface area contributed by atoms with E-state index in [9.17, 15) is 0 Å². The van der Waals surface area contributed by atoms with Crippen molar-refractivity contribution in [2.75, 3.05) is 19.7 Å². The van der Waals surface area contributed by atoms with Gasteiger partial charge in [-0.05, 0) is 63.5 Å². The number of nitrogens with one attached hydrogen (secondary N) is 1. The maximum Gasteiger partial charge on any atom is 0.0577 e. The lowest BCUT2D eigenvalue weighted by Gasteiger charge is -2.32. The molecule has 0 spiro atoms. The number of rotatable bonds is 8. The van der Waals surface area contributed by atoms with Crippen LogP contribution in [-0.2, 0) is 4.74 Å². The van der Waals surface area contributed by atoms with Crippen LogP contribution in [0.3, 0.4) is 0 Å². The zero-order chi connectivity index (χ0) is 12.5. The van der Waals surface area contributed by atoms with Crippen molar-refractivity contribution >= 4 is 0 Å². The number of hydrogen-bond donors (Lipinski definition) is 1. The average molecular weight is 241 g/mol. The van der Waals surface area contributed by atoms with Gasteiger partial charge < -0.3 is 10.1 Å². The van der Waals surface area contributed by atoms with Gasteiger partial charge in [0.1, 0.15) is 0 Å². The average Bonchev–Trinajstić information content (AvgIpc) is 2.32. The normalized spacial score (nSPS) is 29.5. The van der Waals surface area contributed by atoms with Crippen LogP contribution in [0.5, 0.6) is 0 Å². The minimum Gasteiger partial charge on any atom is -0.378 e. The molecule has 0 saturated heterocycles. The molecule has 0 aromatic rings. The molecule has 0 aromatic heterocycles. The van der Waals surface area contributed by atoms with E-state index >= 15 is 0 Å². The minimum absolute atomic E-state index is 0.546. The second-order valence-corrected chi connectivity index (χ2v) is 5.72. The molecule has 1 rings (SSSR count). The van der Waals surface area contributed by atoms with Crippen molar-refractivity contribution < 1.29 is 4.74 Å². The molecule has 0 radical (unpaired) electrons. The summed E-state index contributed by atoms with van der Waals surface area (Å²) in [6.07, 6.45) is 8.13. The van der Waals surface area contributed by atoms with Crippen molar-refractivity contribution in [3.63, 3.8) is 0 Å². The Balaban J connectivity index is 1.92. The van der Waals surface area contributed by atoms with Crippen molar-refractivity contribution in [1.82, 2.24) is 5.32 Å². The van der Waals surface area contributed by atoms with Gasteiger partial charge in [-0.2, -0.15) is 0 Å². The van der Waals surface area contributed by atoms with Gasteiger partial charge in [0.25, 0.3) is 0 Å². The lowest BCUT2D eigenvalue weighted by Crippen LogP contribution is -2.27. The molecule has 1 saturated carbocycles. The Hall–Kier alpha value is -0.0800. The van der Waals surface area contributed by atoms with Gasteiger partial charge in [0.15, 0.2) is 0 Å². The predicted molar refractivity (Wildman–Crippen MR) is 74.3 cm³/mol. The summed E-state index contributed by atoms with van der Waals surface area (Å²) in [5, 5.41) is 3.43. The van der Waals surface area contributed by atoms with Gasteiger partial charge in [0.05, 0.1) is 6.10 Å². The highest BCUT2D eigenvalue weighted by atomic mass is 16.5. The quantitative estimate of drug-likeness (QED) is 0.656. The number of unbranched alkanes of at least 4 members (excludes halogenated alkanes) is 1. The predicted octanol–water partition coefficient (Wildman–Crippen LogP) is 3.61. The molecule has 1 aliphatic rings. The zero-order valence-electron chi connectivity index (χ0n) is 12.0. The van der Waals surface area contributed by atoms with Crippen molar-refractivity contribution in [3.05, 3.63) is 0 Å². The van der Waals surface area contributed by atoms with E-state index in [-0.39, 0.29) is 0 Å². The Morgan fingerprint density at radius 1 is 1.06 bits per heavy atom. The second kappa shape index (κ2) is 8.93. The van der Waals surface area contributed by atoms with Crippen LogP contribution < -0.4 is 5.32 Å². The van der Waals surface area contributed by atoms with E-state index in [1.165, 1.54) is 38.5 Å². The maximum atomic E-state index is 5.98. The molecule has 0 amide bonds. The summed E-state index contributed by atoms with van der Waals surface area (Å²) >= 11 is 0.